The summed E-state index contributed by atoms with van der Waals surface area (Å²) in [5, 5.41) is 2.87. The number of carbonyl (C=O) groups is 2. The van der Waals surface area contributed by atoms with E-state index in [-0.39, 0.29) is 18.4 Å². The molecule has 3 rings (SSSR count). The molecule has 0 spiro atoms. The Morgan fingerprint density at radius 2 is 1.89 bits per heavy atom. The summed E-state index contributed by atoms with van der Waals surface area (Å²) in [7, 11) is 3.17. The summed E-state index contributed by atoms with van der Waals surface area (Å²) in [5.74, 6) is 1.46. The minimum Gasteiger partial charge on any atom is -0.493 e. The van der Waals surface area contributed by atoms with Crippen molar-refractivity contribution in [2.24, 2.45) is 0 Å². The highest BCUT2D eigenvalue weighted by atomic mass is 16.5. The minimum atomic E-state index is -0.616. The highest BCUT2D eigenvalue weighted by molar-refractivity contribution is 6.03. The van der Waals surface area contributed by atoms with Crippen molar-refractivity contribution in [1.82, 2.24) is 5.32 Å². The van der Waals surface area contributed by atoms with Crippen molar-refractivity contribution in [3.8, 4) is 17.2 Å². The lowest BCUT2D eigenvalue weighted by Gasteiger charge is -2.32. The van der Waals surface area contributed by atoms with Gasteiger partial charge in [0, 0.05) is 6.54 Å². The van der Waals surface area contributed by atoms with E-state index < -0.39 is 6.10 Å². The van der Waals surface area contributed by atoms with Crippen LogP contribution in [-0.4, -0.2) is 45.2 Å². The van der Waals surface area contributed by atoms with Gasteiger partial charge in [-0.3, -0.25) is 14.5 Å². The summed E-state index contributed by atoms with van der Waals surface area (Å²) in [6, 6.07) is 12.9. The number of nitrogens with one attached hydrogen (secondary N) is 1. The number of fused-ring (bicyclic) bond motifs is 1. The number of hydrogen-bond donors (Lipinski definition) is 1. The quantitative estimate of drug-likeness (QED) is 0.792. The van der Waals surface area contributed by atoms with Crippen molar-refractivity contribution < 1.29 is 23.8 Å². The fourth-order valence-corrected chi connectivity index (χ4v) is 3.10. The number of rotatable bonds is 7. The zero-order chi connectivity index (χ0) is 20.1. The van der Waals surface area contributed by atoms with Gasteiger partial charge >= 0.3 is 0 Å². The first-order valence-electron chi connectivity index (χ1n) is 9.08. The zero-order valence-electron chi connectivity index (χ0n) is 16.2. The van der Waals surface area contributed by atoms with Gasteiger partial charge in [0.25, 0.3) is 5.91 Å². The van der Waals surface area contributed by atoms with Gasteiger partial charge in [-0.2, -0.15) is 0 Å². The molecule has 148 valence electrons. The molecule has 0 saturated heterocycles. The van der Waals surface area contributed by atoms with Crippen LogP contribution >= 0.6 is 0 Å². The summed E-state index contributed by atoms with van der Waals surface area (Å²) in [5.41, 5.74) is 1.63. The van der Waals surface area contributed by atoms with Crippen LogP contribution < -0.4 is 24.4 Å². The molecule has 1 aliphatic rings. The number of nitrogens with zero attached hydrogens (tertiary/aromatic N) is 1. The third-order valence-electron chi connectivity index (χ3n) is 4.56. The maximum absolute atomic E-state index is 12.4. The van der Waals surface area contributed by atoms with Gasteiger partial charge in [0.05, 0.1) is 19.9 Å². The molecule has 0 radical (unpaired) electrons. The van der Waals surface area contributed by atoms with Gasteiger partial charge in [-0.1, -0.05) is 18.2 Å². The zero-order valence-corrected chi connectivity index (χ0v) is 16.2. The lowest BCUT2D eigenvalue weighted by molar-refractivity contribution is -0.128. The van der Waals surface area contributed by atoms with Crippen LogP contribution in [0.4, 0.5) is 5.69 Å². The van der Waals surface area contributed by atoms with E-state index in [1.807, 2.05) is 30.3 Å². The summed E-state index contributed by atoms with van der Waals surface area (Å²) in [6.07, 6.45) is 0.0188. The molecule has 2 amide bonds. The number of para-hydroxylation sites is 2. The summed E-state index contributed by atoms with van der Waals surface area (Å²) in [6.45, 7) is 2.08. The smallest absolute Gasteiger partial charge is 0.268 e. The molecule has 0 fully saturated rings. The van der Waals surface area contributed by atoms with Gasteiger partial charge < -0.3 is 19.5 Å². The second kappa shape index (κ2) is 8.65. The van der Waals surface area contributed by atoms with Gasteiger partial charge in [0.1, 0.15) is 12.3 Å². The summed E-state index contributed by atoms with van der Waals surface area (Å²) >= 11 is 0. The van der Waals surface area contributed by atoms with Crippen LogP contribution in [0, 0.1) is 0 Å². The Balaban J connectivity index is 1.58. The fourth-order valence-electron chi connectivity index (χ4n) is 3.10. The molecular weight excluding hydrogens is 360 g/mol. The predicted octanol–water partition coefficient (Wildman–Crippen LogP) is 2.18. The lowest BCUT2D eigenvalue weighted by atomic mass is 10.1. The molecular formula is C21H24N2O5. The van der Waals surface area contributed by atoms with Crippen LogP contribution in [0.5, 0.6) is 17.2 Å². The van der Waals surface area contributed by atoms with Gasteiger partial charge in [0.15, 0.2) is 17.6 Å². The third-order valence-corrected chi connectivity index (χ3v) is 4.56. The van der Waals surface area contributed by atoms with E-state index in [9.17, 15) is 9.59 Å². The predicted molar refractivity (Wildman–Crippen MR) is 105 cm³/mol. The Morgan fingerprint density at radius 1 is 1.14 bits per heavy atom. The first-order chi connectivity index (χ1) is 13.5. The summed E-state index contributed by atoms with van der Waals surface area (Å²) < 4.78 is 16.1. The molecule has 0 bridgehead atoms. The van der Waals surface area contributed by atoms with E-state index in [1.165, 1.54) is 4.90 Å². The Kier molecular flexibility index (Phi) is 6.03. The molecule has 1 N–H and O–H groups in total. The maximum Gasteiger partial charge on any atom is 0.268 e. The maximum atomic E-state index is 12.4. The number of carbonyl (C=O) groups excluding carboxylic acids is 2. The van der Waals surface area contributed by atoms with E-state index in [0.717, 1.165) is 5.56 Å². The molecule has 0 saturated carbocycles. The van der Waals surface area contributed by atoms with E-state index >= 15 is 0 Å². The molecule has 7 heteroatoms. The van der Waals surface area contributed by atoms with Crippen LogP contribution in [0.15, 0.2) is 42.5 Å². The van der Waals surface area contributed by atoms with Crippen molar-refractivity contribution in [1.29, 1.82) is 0 Å². The summed E-state index contributed by atoms with van der Waals surface area (Å²) in [4.78, 5) is 26.3. The first-order valence-corrected chi connectivity index (χ1v) is 9.08. The average molecular weight is 384 g/mol. The molecule has 0 aromatic heterocycles. The SMILES string of the molecule is COc1ccc(CCNC(=O)CN2C(=O)[C@H](C)Oc3ccccc32)cc1OC. The molecule has 1 aliphatic heterocycles. The van der Waals surface area contributed by atoms with Crippen molar-refractivity contribution in [2.75, 3.05) is 32.2 Å². The highest BCUT2D eigenvalue weighted by Crippen LogP contribution is 2.33. The van der Waals surface area contributed by atoms with Gasteiger partial charge in [-0.05, 0) is 43.2 Å². The standard InChI is InChI=1S/C21H24N2O5/c1-14-21(25)23(16-6-4-5-7-17(16)28-14)13-20(24)22-11-10-15-8-9-18(26-2)19(12-15)27-3/h4-9,12,14H,10-11,13H2,1-3H3,(H,22,24)/t14-/m0/s1. The van der Waals surface area contributed by atoms with Crippen molar-refractivity contribution in [3.05, 3.63) is 48.0 Å². The fraction of sp³-hybridized carbons (Fsp3) is 0.333. The van der Waals surface area contributed by atoms with Gasteiger partial charge in [-0.15, -0.1) is 0 Å². The minimum absolute atomic E-state index is 0.0462. The average Bonchev–Trinajstić information content (AvgIpc) is 2.71. The molecule has 0 unspecified atom stereocenters. The second-order valence-corrected chi connectivity index (χ2v) is 6.44. The first kappa shape index (κ1) is 19.5. The van der Waals surface area contributed by atoms with Gasteiger partial charge in [-0.25, -0.2) is 0 Å². The van der Waals surface area contributed by atoms with E-state index in [2.05, 4.69) is 5.32 Å². The van der Waals surface area contributed by atoms with Crippen molar-refractivity contribution in [2.45, 2.75) is 19.4 Å². The largest absolute Gasteiger partial charge is 0.493 e. The monoisotopic (exact) mass is 384 g/mol. The van der Waals surface area contributed by atoms with Crippen LogP contribution in [-0.2, 0) is 16.0 Å². The van der Waals surface area contributed by atoms with Crippen LogP contribution in [0.25, 0.3) is 0 Å². The van der Waals surface area contributed by atoms with Crippen molar-refractivity contribution in [3.63, 3.8) is 0 Å². The Hall–Kier alpha value is -3.22. The Bertz CT molecular complexity index is 868. The Morgan fingerprint density at radius 3 is 2.64 bits per heavy atom. The molecule has 2 aromatic rings. The van der Waals surface area contributed by atoms with Crippen LogP contribution in [0.3, 0.4) is 0 Å². The van der Waals surface area contributed by atoms with E-state index in [4.69, 9.17) is 14.2 Å². The molecule has 2 aromatic carbocycles. The normalized spacial score (nSPS) is 15.5. The van der Waals surface area contributed by atoms with Crippen LogP contribution in [0.1, 0.15) is 12.5 Å². The lowest BCUT2D eigenvalue weighted by Crippen LogP contribution is -2.49. The van der Waals surface area contributed by atoms with Gasteiger partial charge in [0.2, 0.25) is 5.91 Å². The molecule has 1 heterocycles. The van der Waals surface area contributed by atoms with E-state index in [0.29, 0.717) is 35.9 Å². The molecule has 0 aliphatic carbocycles. The molecule has 7 nitrogen and oxygen atoms in total. The number of hydrogen-bond acceptors (Lipinski definition) is 5. The molecule has 1 atom stereocenters. The number of methoxy groups -OCH3 is 2. The second-order valence-electron chi connectivity index (χ2n) is 6.44. The topological polar surface area (TPSA) is 77.1 Å². The van der Waals surface area contributed by atoms with Crippen LogP contribution in [0.2, 0.25) is 0 Å². The number of benzene rings is 2. The van der Waals surface area contributed by atoms with E-state index in [1.54, 1.807) is 33.3 Å². The third kappa shape index (κ3) is 4.19. The van der Waals surface area contributed by atoms with Crippen molar-refractivity contribution >= 4 is 17.5 Å². The number of amides is 2. The Labute approximate surface area is 164 Å². The molecule has 28 heavy (non-hydrogen) atoms. The number of anilines is 1. The highest BCUT2D eigenvalue weighted by Gasteiger charge is 2.32. The number of ether oxygens (including phenoxy) is 3.